The van der Waals surface area contributed by atoms with E-state index in [-0.39, 0.29) is 0 Å². The zero-order chi connectivity index (χ0) is 16.3. The number of hydrogen-bond donors (Lipinski definition) is 0. The fourth-order valence-corrected chi connectivity index (χ4v) is 4.06. The van der Waals surface area contributed by atoms with Gasteiger partial charge in [0.2, 0.25) is 0 Å². The van der Waals surface area contributed by atoms with Crippen LogP contribution in [0.1, 0.15) is 16.6 Å². The van der Waals surface area contributed by atoms with Crippen LogP contribution in [0.2, 0.25) is 0 Å². The second-order valence-corrected chi connectivity index (χ2v) is 6.90. The Morgan fingerprint density at radius 2 is 2.00 bits per heavy atom. The summed E-state index contributed by atoms with van der Waals surface area (Å²) in [6.07, 6.45) is -1.38. The van der Waals surface area contributed by atoms with Crippen molar-refractivity contribution in [2.75, 3.05) is 18.8 Å². The van der Waals surface area contributed by atoms with Crippen LogP contribution in [0.15, 0.2) is 42.7 Å². The van der Waals surface area contributed by atoms with Crippen molar-refractivity contribution in [1.82, 2.24) is 14.5 Å². The third-order valence-electron chi connectivity index (χ3n) is 3.84. The molecule has 3 nitrogen and oxygen atoms in total. The van der Waals surface area contributed by atoms with Crippen molar-refractivity contribution in [3.8, 4) is 0 Å². The van der Waals surface area contributed by atoms with Gasteiger partial charge >= 0.3 is 6.18 Å². The third-order valence-corrected chi connectivity index (χ3v) is 5.08. The first-order chi connectivity index (χ1) is 11.0. The second-order valence-electron chi connectivity index (χ2n) is 5.59. The van der Waals surface area contributed by atoms with E-state index in [1.54, 1.807) is 0 Å². The Morgan fingerprint density at radius 3 is 2.74 bits per heavy atom. The number of benzene rings is 1. The van der Waals surface area contributed by atoms with Crippen LogP contribution in [0.5, 0.6) is 0 Å². The standard InChI is InChI=1S/C16H18F3N3S/c17-16(18,19)12-22-7-6-20-15(22)11-21-8-9-23-14(10-21)13-4-2-1-3-5-13/h1-7,14H,8-12H2/t14-/m0/s1. The van der Waals surface area contributed by atoms with Crippen molar-refractivity contribution in [1.29, 1.82) is 0 Å². The lowest BCUT2D eigenvalue weighted by Crippen LogP contribution is -2.35. The van der Waals surface area contributed by atoms with Gasteiger partial charge < -0.3 is 4.57 Å². The van der Waals surface area contributed by atoms with Gasteiger partial charge in [0, 0.05) is 36.5 Å². The van der Waals surface area contributed by atoms with Gasteiger partial charge in [-0.3, -0.25) is 4.90 Å². The molecule has 0 bridgehead atoms. The van der Waals surface area contributed by atoms with Crippen LogP contribution in [-0.4, -0.2) is 39.5 Å². The molecule has 0 unspecified atom stereocenters. The quantitative estimate of drug-likeness (QED) is 0.845. The van der Waals surface area contributed by atoms with E-state index in [9.17, 15) is 13.2 Å². The minimum atomic E-state index is -4.22. The van der Waals surface area contributed by atoms with Crippen LogP contribution in [0.3, 0.4) is 0 Å². The highest BCUT2D eigenvalue weighted by Crippen LogP contribution is 2.33. The Morgan fingerprint density at radius 1 is 1.22 bits per heavy atom. The predicted molar refractivity (Wildman–Crippen MR) is 85.2 cm³/mol. The van der Waals surface area contributed by atoms with Crippen molar-refractivity contribution < 1.29 is 13.2 Å². The lowest BCUT2D eigenvalue weighted by atomic mass is 10.1. The molecule has 2 aromatic rings. The normalized spacial score (nSPS) is 19.9. The maximum absolute atomic E-state index is 12.6. The summed E-state index contributed by atoms with van der Waals surface area (Å²) in [5.74, 6) is 1.44. The fraction of sp³-hybridized carbons (Fsp3) is 0.438. The number of rotatable bonds is 4. The molecule has 23 heavy (non-hydrogen) atoms. The molecule has 124 valence electrons. The molecule has 1 saturated heterocycles. The van der Waals surface area contributed by atoms with Gasteiger partial charge in [-0.05, 0) is 5.56 Å². The molecule has 2 heterocycles. The minimum absolute atomic E-state index is 0.357. The average Bonchev–Trinajstić information content (AvgIpc) is 2.93. The van der Waals surface area contributed by atoms with Crippen molar-refractivity contribution in [3.05, 3.63) is 54.1 Å². The number of alkyl halides is 3. The number of aromatic nitrogens is 2. The molecular formula is C16H18F3N3S. The number of hydrogen-bond acceptors (Lipinski definition) is 3. The summed E-state index contributed by atoms with van der Waals surface area (Å²) in [5, 5.41) is 0.357. The number of thioether (sulfide) groups is 1. The highest BCUT2D eigenvalue weighted by Gasteiger charge is 2.29. The molecule has 0 radical (unpaired) electrons. The Labute approximate surface area is 137 Å². The maximum atomic E-state index is 12.6. The highest BCUT2D eigenvalue weighted by molar-refractivity contribution is 7.99. The minimum Gasteiger partial charge on any atom is -0.325 e. The van der Waals surface area contributed by atoms with Crippen LogP contribution >= 0.6 is 11.8 Å². The van der Waals surface area contributed by atoms with E-state index < -0.39 is 12.7 Å². The molecule has 1 aromatic heterocycles. The Balaban J connectivity index is 1.66. The van der Waals surface area contributed by atoms with Crippen LogP contribution in [0.25, 0.3) is 0 Å². The van der Waals surface area contributed by atoms with Crippen molar-refractivity contribution in [2.45, 2.75) is 24.5 Å². The zero-order valence-corrected chi connectivity index (χ0v) is 13.4. The molecule has 0 spiro atoms. The van der Waals surface area contributed by atoms with Crippen molar-refractivity contribution in [2.24, 2.45) is 0 Å². The van der Waals surface area contributed by atoms with E-state index in [1.165, 1.54) is 22.5 Å². The molecule has 1 aliphatic heterocycles. The first-order valence-corrected chi connectivity index (χ1v) is 8.52. The van der Waals surface area contributed by atoms with Gasteiger partial charge in [0.25, 0.3) is 0 Å². The molecule has 0 amide bonds. The van der Waals surface area contributed by atoms with Gasteiger partial charge in [0.15, 0.2) is 0 Å². The summed E-state index contributed by atoms with van der Waals surface area (Å²) in [6, 6.07) is 10.2. The van der Waals surface area contributed by atoms with Crippen molar-refractivity contribution >= 4 is 11.8 Å². The summed E-state index contributed by atoms with van der Waals surface area (Å²) >= 11 is 1.90. The van der Waals surface area contributed by atoms with E-state index in [0.29, 0.717) is 17.6 Å². The van der Waals surface area contributed by atoms with E-state index >= 15 is 0 Å². The Kier molecular flexibility index (Phi) is 4.96. The summed E-state index contributed by atoms with van der Waals surface area (Å²) in [7, 11) is 0. The second kappa shape index (κ2) is 6.97. The SMILES string of the molecule is FC(F)(F)Cn1ccnc1CN1CCS[C@H](c2ccccc2)C1. The van der Waals surface area contributed by atoms with Crippen LogP contribution in [0, 0.1) is 0 Å². The van der Waals surface area contributed by atoms with Gasteiger partial charge in [-0.1, -0.05) is 30.3 Å². The summed E-state index contributed by atoms with van der Waals surface area (Å²) in [5.41, 5.74) is 1.26. The number of nitrogens with zero attached hydrogens (tertiary/aromatic N) is 3. The molecular weight excluding hydrogens is 323 g/mol. The molecule has 1 aromatic carbocycles. The van der Waals surface area contributed by atoms with Crippen LogP contribution in [-0.2, 0) is 13.1 Å². The lowest BCUT2D eigenvalue weighted by Gasteiger charge is -2.32. The van der Waals surface area contributed by atoms with Gasteiger partial charge in [0.05, 0.1) is 6.54 Å². The lowest BCUT2D eigenvalue weighted by molar-refractivity contribution is -0.141. The molecule has 0 saturated carbocycles. The molecule has 1 fully saturated rings. The first-order valence-electron chi connectivity index (χ1n) is 7.47. The van der Waals surface area contributed by atoms with Gasteiger partial charge in [-0.25, -0.2) is 4.98 Å². The summed E-state index contributed by atoms with van der Waals surface area (Å²) < 4.78 is 39.0. The topological polar surface area (TPSA) is 21.1 Å². The summed E-state index contributed by atoms with van der Waals surface area (Å²) in [6.45, 7) is 1.17. The molecule has 0 N–H and O–H groups in total. The fourth-order valence-electron chi connectivity index (χ4n) is 2.74. The Bertz CT molecular complexity index is 627. The zero-order valence-electron chi connectivity index (χ0n) is 12.5. The maximum Gasteiger partial charge on any atom is 0.406 e. The smallest absolute Gasteiger partial charge is 0.325 e. The molecule has 1 aliphatic rings. The van der Waals surface area contributed by atoms with Crippen LogP contribution in [0.4, 0.5) is 13.2 Å². The average molecular weight is 341 g/mol. The molecule has 3 rings (SSSR count). The van der Waals surface area contributed by atoms with E-state index in [1.807, 2.05) is 30.0 Å². The molecule has 0 aliphatic carbocycles. The Hall–Kier alpha value is -1.47. The molecule has 1 atom stereocenters. The summed E-state index contributed by atoms with van der Waals surface area (Å²) in [4.78, 5) is 6.29. The largest absolute Gasteiger partial charge is 0.406 e. The third kappa shape index (κ3) is 4.51. The van der Waals surface area contributed by atoms with E-state index in [2.05, 4.69) is 22.0 Å². The van der Waals surface area contributed by atoms with E-state index in [4.69, 9.17) is 0 Å². The molecule has 7 heteroatoms. The number of imidazole rings is 1. The predicted octanol–water partition coefficient (Wildman–Crippen LogP) is 3.74. The number of halogens is 3. The monoisotopic (exact) mass is 341 g/mol. The first kappa shape index (κ1) is 16.4. The van der Waals surface area contributed by atoms with Crippen LogP contribution < -0.4 is 0 Å². The highest BCUT2D eigenvalue weighted by atomic mass is 32.2. The van der Waals surface area contributed by atoms with Gasteiger partial charge in [-0.2, -0.15) is 24.9 Å². The van der Waals surface area contributed by atoms with Gasteiger partial charge in [-0.15, -0.1) is 0 Å². The van der Waals surface area contributed by atoms with Gasteiger partial charge in [0.1, 0.15) is 12.4 Å². The van der Waals surface area contributed by atoms with E-state index in [0.717, 1.165) is 18.8 Å². The van der Waals surface area contributed by atoms with Crippen molar-refractivity contribution in [3.63, 3.8) is 0 Å².